The molecule has 0 saturated heterocycles. The van der Waals surface area contributed by atoms with Gasteiger partial charge < -0.3 is 10.2 Å². The number of dihydropyridines is 1. The largest absolute Gasteiger partial charge is 0.361 e. The number of benzene rings is 4. The second kappa shape index (κ2) is 8.87. The second-order valence-corrected chi connectivity index (χ2v) is 12.8. The molecular formula is C39H35N3. The molecule has 0 amide bonds. The zero-order chi connectivity index (χ0) is 28.6. The third-order valence-electron chi connectivity index (χ3n) is 9.63. The van der Waals surface area contributed by atoms with Crippen LogP contribution in [0.25, 0.3) is 0 Å². The van der Waals surface area contributed by atoms with Gasteiger partial charge in [-0.25, -0.2) is 0 Å². The lowest BCUT2D eigenvalue weighted by Crippen LogP contribution is -2.39. The summed E-state index contributed by atoms with van der Waals surface area (Å²) < 4.78 is 0. The van der Waals surface area contributed by atoms with Gasteiger partial charge in [0, 0.05) is 22.2 Å². The Bertz CT molecular complexity index is 1870. The lowest BCUT2D eigenvalue weighted by atomic mass is 9.66. The van der Waals surface area contributed by atoms with Crippen LogP contribution in [-0.4, -0.2) is 6.04 Å². The molecule has 0 bridgehead atoms. The van der Waals surface area contributed by atoms with E-state index in [1.54, 1.807) is 0 Å². The van der Waals surface area contributed by atoms with Crippen molar-refractivity contribution >= 4 is 28.4 Å². The molecule has 4 aromatic carbocycles. The highest BCUT2D eigenvalue weighted by Gasteiger charge is 2.45. The van der Waals surface area contributed by atoms with E-state index in [9.17, 15) is 0 Å². The van der Waals surface area contributed by atoms with Crippen molar-refractivity contribution in [1.82, 2.24) is 5.32 Å². The number of nitrogens with one attached hydrogen (secondary N) is 1. The first-order valence-electron chi connectivity index (χ1n) is 14.9. The Morgan fingerprint density at radius 1 is 0.643 bits per heavy atom. The van der Waals surface area contributed by atoms with Gasteiger partial charge in [-0.1, -0.05) is 113 Å². The van der Waals surface area contributed by atoms with Gasteiger partial charge in [-0.05, 0) is 70.3 Å². The fraction of sp³-hybridized carbons (Fsp3) is 0.179. The third-order valence-corrected chi connectivity index (χ3v) is 9.63. The molecule has 8 rings (SSSR count). The van der Waals surface area contributed by atoms with Crippen LogP contribution in [-0.2, 0) is 10.8 Å². The first kappa shape index (κ1) is 25.0. The van der Waals surface area contributed by atoms with Gasteiger partial charge in [-0.2, -0.15) is 0 Å². The molecule has 0 spiro atoms. The SMILES string of the molecule is CC1(C)c2ccccc2N2c3ccc(N(C4=CC=C5C=CC=CC5N4)c4ccccc4)cc3C(C)(C)c3cccc1c32. The average molecular weight is 546 g/mol. The summed E-state index contributed by atoms with van der Waals surface area (Å²) in [6.45, 7) is 9.50. The van der Waals surface area contributed by atoms with Crippen LogP contribution < -0.4 is 15.1 Å². The molecule has 0 radical (unpaired) electrons. The Morgan fingerprint density at radius 3 is 2.14 bits per heavy atom. The van der Waals surface area contributed by atoms with Gasteiger partial charge >= 0.3 is 0 Å². The minimum absolute atomic E-state index is 0.0790. The van der Waals surface area contributed by atoms with Gasteiger partial charge in [0.2, 0.25) is 0 Å². The summed E-state index contributed by atoms with van der Waals surface area (Å²) >= 11 is 0. The fourth-order valence-electron chi connectivity index (χ4n) is 7.38. The van der Waals surface area contributed by atoms with Crippen LogP contribution in [0.4, 0.5) is 28.4 Å². The molecular weight excluding hydrogens is 510 g/mol. The lowest BCUT2D eigenvalue weighted by molar-refractivity contribution is 0.597. The van der Waals surface area contributed by atoms with E-state index in [4.69, 9.17) is 0 Å². The molecule has 1 unspecified atom stereocenters. The number of rotatable bonds is 3. The zero-order valence-corrected chi connectivity index (χ0v) is 24.6. The van der Waals surface area contributed by atoms with Gasteiger partial charge in [0.25, 0.3) is 0 Å². The zero-order valence-electron chi connectivity index (χ0n) is 24.6. The summed E-state index contributed by atoms with van der Waals surface area (Å²) in [5.74, 6) is 1.07. The monoisotopic (exact) mass is 545 g/mol. The highest BCUT2D eigenvalue weighted by atomic mass is 15.3. The maximum atomic E-state index is 3.80. The molecule has 1 N–H and O–H groups in total. The number of anilines is 5. The molecule has 1 aliphatic carbocycles. The minimum atomic E-state index is -0.184. The molecule has 4 aliphatic rings. The Hall–Kier alpha value is -4.76. The van der Waals surface area contributed by atoms with E-state index in [1.165, 1.54) is 44.9 Å². The molecule has 0 saturated carbocycles. The Kier molecular flexibility index (Phi) is 5.28. The topological polar surface area (TPSA) is 18.5 Å². The fourth-order valence-corrected chi connectivity index (χ4v) is 7.38. The highest BCUT2D eigenvalue weighted by molar-refractivity contribution is 5.93. The Morgan fingerprint density at radius 2 is 1.33 bits per heavy atom. The molecule has 3 heteroatoms. The van der Waals surface area contributed by atoms with Crippen molar-refractivity contribution in [3.05, 3.63) is 161 Å². The number of allylic oxidation sites excluding steroid dienone is 4. The summed E-state index contributed by atoms with van der Waals surface area (Å²) in [5.41, 5.74) is 12.6. The van der Waals surface area contributed by atoms with Crippen LogP contribution in [0.1, 0.15) is 49.9 Å². The van der Waals surface area contributed by atoms with Crippen molar-refractivity contribution in [1.29, 1.82) is 0 Å². The number of nitrogens with zero attached hydrogens (tertiary/aromatic N) is 2. The Labute approximate surface area is 248 Å². The van der Waals surface area contributed by atoms with Crippen molar-refractivity contribution in [2.24, 2.45) is 0 Å². The maximum Gasteiger partial charge on any atom is 0.111 e. The second-order valence-electron chi connectivity index (χ2n) is 12.8. The van der Waals surface area contributed by atoms with Crippen molar-refractivity contribution < 1.29 is 0 Å². The predicted octanol–water partition coefficient (Wildman–Crippen LogP) is 9.44. The van der Waals surface area contributed by atoms with Crippen molar-refractivity contribution in [2.45, 2.75) is 44.6 Å². The van der Waals surface area contributed by atoms with Crippen LogP contribution in [0.3, 0.4) is 0 Å². The van der Waals surface area contributed by atoms with E-state index >= 15 is 0 Å². The van der Waals surface area contributed by atoms with E-state index in [0.717, 1.165) is 17.2 Å². The molecule has 0 aromatic heterocycles. The molecule has 206 valence electrons. The van der Waals surface area contributed by atoms with Crippen molar-refractivity contribution in [3.63, 3.8) is 0 Å². The molecule has 3 aliphatic heterocycles. The summed E-state index contributed by atoms with van der Waals surface area (Å²) in [6.07, 6.45) is 13.1. The molecule has 3 heterocycles. The van der Waals surface area contributed by atoms with E-state index in [2.05, 4.69) is 170 Å². The van der Waals surface area contributed by atoms with Crippen molar-refractivity contribution in [3.8, 4) is 0 Å². The van der Waals surface area contributed by atoms with E-state index in [0.29, 0.717) is 0 Å². The third kappa shape index (κ3) is 3.46. The van der Waals surface area contributed by atoms with Gasteiger partial charge in [-0.3, -0.25) is 4.90 Å². The molecule has 0 fully saturated rings. The average Bonchev–Trinajstić information content (AvgIpc) is 3.02. The first-order chi connectivity index (χ1) is 20.4. The van der Waals surface area contributed by atoms with Gasteiger partial charge in [0.05, 0.1) is 23.1 Å². The molecule has 1 atom stereocenters. The number of hydrogen-bond acceptors (Lipinski definition) is 3. The standard InChI is InChI=1S/C39H35N3/c1-38(2)29-16-9-11-20-34(29)42-35-23-22-28(25-32(35)39(3,4)31-18-12-17-30(38)37(31)42)41(27-14-6-5-7-15-27)36-24-21-26-13-8-10-19-33(26)40-36/h5-25,33,40H,1-4H3. The smallest absolute Gasteiger partial charge is 0.111 e. The predicted molar refractivity (Wildman–Crippen MR) is 175 cm³/mol. The normalized spacial score (nSPS) is 19.8. The Balaban J connectivity index is 1.34. The first-order valence-corrected chi connectivity index (χ1v) is 14.9. The van der Waals surface area contributed by atoms with Crippen LogP contribution >= 0.6 is 0 Å². The van der Waals surface area contributed by atoms with Gasteiger partial charge in [0.1, 0.15) is 5.82 Å². The van der Waals surface area contributed by atoms with Crippen LogP contribution in [0.2, 0.25) is 0 Å². The molecule has 3 nitrogen and oxygen atoms in total. The van der Waals surface area contributed by atoms with E-state index in [1.807, 2.05) is 0 Å². The summed E-state index contributed by atoms with van der Waals surface area (Å²) in [7, 11) is 0. The summed E-state index contributed by atoms with van der Waals surface area (Å²) in [6, 6.07) is 33.7. The number of para-hydroxylation sites is 3. The number of hydrogen-bond donors (Lipinski definition) is 1. The summed E-state index contributed by atoms with van der Waals surface area (Å²) in [5, 5.41) is 3.80. The van der Waals surface area contributed by atoms with Crippen LogP contribution in [0.15, 0.2) is 139 Å². The highest BCUT2D eigenvalue weighted by Crippen LogP contribution is 2.60. The lowest BCUT2D eigenvalue weighted by Gasteiger charge is -2.49. The minimum Gasteiger partial charge on any atom is -0.361 e. The van der Waals surface area contributed by atoms with Gasteiger partial charge in [0.15, 0.2) is 0 Å². The quantitative estimate of drug-likeness (QED) is 0.277. The number of fused-ring (bicyclic) bond motifs is 5. The van der Waals surface area contributed by atoms with Crippen LogP contribution in [0.5, 0.6) is 0 Å². The molecule has 42 heavy (non-hydrogen) atoms. The van der Waals surface area contributed by atoms with Crippen LogP contribution in [0, 0.1) is 0 Å². The van der Waals surface area contributed by atoms with Gasteiger partial charge in [-0.15, -0.1) is 0 Å². The van der Waals surface area contributed by atoms with Crippen molar-refractivity contribution in [2.75, 3.05) is 9.80 Å². The van der Waals surface area contributed by atoms with E-state index in [-0.39, 0.29) is 16.9 Å². The maximum absolute atomic E-state index is 3.80. The van der Waals surface area contributed by atoms with E-state index < -0.39 is 0 Å². The summed E-state index contributed by atoms with van der Waals surface area (Å²) in [4.78, 5) is 4.88. The molecule has 4 aromatic rings.